The molecular weight excluding hydrogens is 414 g/mol. The van der Waals surface area contributed by atoms with Crippen molar-refractivity contribution in [3.05, 3.63) is 82.6 Å². The fraction of sp³-hybridized carbons (Fsp3) is 0. The van der Waals surface area contributed by atoms with Crippen molar-refractivity contribution in [2.75, 3.05) is 0 Å². The molecule has 0 saturated heterocycles. The quantitative estimate of drug-likeness (QED) is 0.219. The first-order chi connectivity index (χ1) is 15.5. The van der Waals surface area contributed by atoms with Gasteiger partial charge >= 0.3 is 0 Å². The third-order valence-corrected chi connectivity index (χ3v) is 4.91. The molecule has 32 heavy (non-hydrogen) atoms. The van der Waals surface area contributed by atoms with Crippen molar-refractivity contribution >= 4 is 39.1 Å². The molecule has 0 aliphatic heterocycles. The number of H-pyrrole nitrogens is 1. The van der Waals surface area contributed by atoms with E-state index in [1.165, 1.54) is 24.5 Å². The number of fused-ring (bicyclic) bond motifs is 2. The molecule has 0 unspecified atom stereocenters. The maximum absolute atomic E-state index is 13.0. The number of hydrogen-bond donors (Lipinski definition) is 2. The predicted octanol–water partition coefficient (Wildman–Crippen LogP) is 5.51. The lowest BCUT2D eigenvalue weighted by Crippen LogP contribution is -1.98. The smallest absolute Gasteiger partial charge is 0.296 e. The molecule has 0 spiro atoms. The Hall–Kier alpha value is -4.86. The molecule has 1 amide bonds. The van der Waals surface area contributed by atoms with Gasteiger partial charge in [-0.25, -0.2) is 4.98 Å². The van der Waals surface area contributed by atoms with Crippen molar-refractivity contribution in [2.45, 2.75) is 0 Å². The van der Waals surface area contributed by atoms with Gasteiger partial charge in [0, 0.05) is 22.9 Å². The molecule has 0 bridgehead atoms. The lowest BCUT2D eigenvalue weighted by atomic mass is 10.1. The van der Waals surface area contributed by atoms with Gasteiger partial charge in [0.1, 0.15) is 5.69 Å². The highest BCUT2D eigenvalue weighted by Gasteiger charge is 2.18. The third-order valence-electron chi connectivity index (χ3n) is 4.91. The Morgan fingerprint density at radius 3 is 2.72 bits per heavy atom. The number of aromatic amines is 1. The Labute approximate surface area is 179 Å². The van der Waals surface area contributed by atoms with Gasteiger partial charge in [0.25, 0.3) is 11.6 Å². The number of hydrogen-bond acceptors (Lipinski definition) is 7. The highest BCUT2D eigenvalue weighted by molar-refractivity contribution is 6.07. The molecule has 0 radical (unpaired) electrons. The van der Waals surface area contributed by atoms with Crippen LogP contribution in [0.4, 0.5) is 11.4 Å². The second-order valence-corrected chi connectivity index (χ2v) is 6.86. The zero-order valence-corrected chi connectivity index (χ0v) is 16.2. The lowest BCUT2D eigenvalue weighted by molar-refractivity contribution is -0.384. The Kier molecular flexibility index (Phi) is 4.44. The average molecular weight is 427 g/mol. The molecule has 2 aromatic carbocycles. The number of nitrogens with zero attached hydrogens (tertiary/aromatic N) is 4. The Morgan fingerprint density at radius 2 is 1.94 bits per heavy atom. The van der Waals surface area contributed by atoms with Gasteiger partial charge in [0.05, 0.1) is 27.8 Å². The number of aromatic nitrogens is 2. The Balaban J connectivity index is 1.59. The predicted molar refractivity (Wildman–Crippen MR) is 115 cm³/mol. The van der Waals surface area contributed by atoms with Crippen LogP contribution in [0, 0.1) is 10.1 Å². The van der Waals surface area contributed by atoms with Crippen molar-refractivity contribution in [3.63, 3.8) is 0 Å². The van der Waals surface area contributed by atoms with Gasteiger partial charge in [-0.15, -0.1) is 10.2 Å². The number of nitro groups is 1. The number of aromatic hydroxyl groups is 1. The normalized spacial score (nSPS) is 11.5. The first kappa shape index (κ1) is 19.1. The summed E-state index contributed by atoms with van der Waals surface area (Å²) in [5.41, 5.74) is 1.45. The van der Waals surface area contributed by atoms with E-state index in [1.54, 1.807) is 42.5 Å². The van der Waals surface area contributed by atoms with E-state index in [1.807, 2.05) is 0 Å². The second kappa shape index (κ2) is 7.43. The number of para-hydroxylation sites is 1. The van der Waals surface area contributed by atoms with Gasteiger partial charge < -0.3 is 14.5 Å². The van der Waals surface area contributed by atoms with Crippen LogP contribution < -0.4 is 0 Å². The van der Waals surface area contributed by atoms with Crippen LogP contribution in [-0.4, -0.2) is 25.9 Å². The van der Waals surface area contributed by atoms with E-state index in [-0.39, 0.29) is 28.2 Å². The van der Waals surface area contributed by atoms with Crippen molar-refractivity contribution in [3.8, 4) is 17.3 Å². The Bertz CT molecular complexity index is 1540. The van der Waals surface area contributed by atoms with Crippen LogP contribution in [0.2, 0.25) is 0 Å². The maximum atomic E-state index is 13.0. The summed E-state index contributed by atoms with van der Waals surface area (Å²) >= 11 is 0. The number of pyridine rings is 1. The minimum atomic E-state index is -0.671. The number of non-ortho nitro benzene ring substituents is 1. The molecule has 3 heterocycles. The average Bonchev–Trinajstić information content (AvgIpc) is 3.44. The molecule has 5 aromatic rings. The first-order valence-electron chi connectivity index (χ1n) is 9.40. The minimum absolute atomic E-state index is 0.0679. The molecule has 10 heteroatoms. The van der Waals surface area contributed by atoms with Gasteiger partial charge in [0.15, 0.2) is 11.4 Å². The van der Waals surface area contributed by atoms with E-state index in [9.17, 15) is 20.0 Å². The van der Waals surface area contributed by atoms with Crippen molar-refractivity contribution in [1.82, 2.24) is 9.97 Å². The van der Waals surface area contributed by atoms with E-state index in [0.717, 1.165) is 0 Å². The van der Waals surface area contributed by atoms with E-state index in [2.05, 4.69) is 20.2 Å². The van der Waals surface area contributed by atoms with Gasteiger partial charge in [-0.3, -0.25) is 14.9 Å². The number of furan rings is 1. The largest absolute Gasteiger partial charge is 0.493 e. The Morgan fingerprint density at radius 1 is 1.09 bits per heavy atom. The highest BCUT2D eigenvalue weighted by Crippen LogP contribution is 2.37. The number of nitrogens with one attached hydrogen (secondary N) is 1. The van der Waals surface area contributed by atoms with Crippen LogP contribution in [0.5, 0.6) is 5.88 Å². The first-order valence-corrected chi connectivity index (χ1v) is 9.40. The van der Waals surface area contributed by atoms with E-state index < -0.39 is 10.8 Å². The van der Waals surface area contributed by atoms with E-state index >= 15 is 0 Å². The topological polar surface area (TPSA) is 147 Å². The van der Waals surface area contributed by atoms with Gasteiger partial charge in [-0.2, -0.15) is 0 Å². The van der Waals surface area contributed by atoms with Crippen molar-refractivity contribution in [2.24, 2.45) is 10.2 Å². The fourth-order valence-corrected chi connectivity index (χ4v) is 3.42. The second-order valence-electron chi connectivity index (χ2n) is 6.86. The summed E-state index contributed by atoms with van der Waals surface area (Å²) in [6, 6.07) is 16.1. The van der Waals surface area contributed by atoms with Gasteiger partial charge in [0.2, 0.25) is 5.88 Å². The van der Waals surface area contributed by atoms with Crippen LogP contribution in [0.25, 0.3) is 33.3 Å². The minimum Gasteiger partial charge on any atom is -0.493 e. The number of carbonyl (C=O) groups excluding carboxylic acids is 1. The number of azo groups is 1. The zero-order valence-electron chi connectivity index (χ0n) is 16.2. The molecule has 0 atom stereocenters. The number of rotatable bonds is 4. The molecule has 156 valence electrons. The number of nitro benzene ring substituents is 1. The highest BCUT2D eigenvalue weighted by atomic mass is 16.6. The summed E-state index contributed by atoms with van der Waals surface area (Å²) in [6.45, 7) is 0. The fourth-order valence-electron chi connectivity index (χ4n) is 3.42. The van der Waals surface area contributed by atoms with E-state index in [0.29, 0.717) is 27.9 Å². The monoisotopic (exact) mass is 427 g/mol. The summed E-state index contributed by atoms with van der Waals surface area (Å²) in [4.78, 5) is 30.7. The molecule has 0 saturated carbocycles. The van der Waals surface area contributed by atoms with Crippen LogP contribution >= 0.6 is 0 Å². The molecule has 0 fully saturated rings. The maximum Gasteiger partial charge on any atom is 0.296 e. The van der Waals surface area contributed by atoms with Crippen LogP contribution in [0.15, 0.2) is 81.6 Å². The van der Waals surface area contributed by atoms with Gasteiger partial charge in [-0.1, -0.05) is 18.2 Å². The molecule has 5 rings (SSSR count). The molecule has 0 aliphatic carbocycles. The van der Waals surface area contributed by atoms with E-state index in [4.69, 9.17) is 4.42 Å². The summed E-state index contributed by atoms with van der Waals surface area (Å²) in [5.74, 6) is -0.535. The molecule has 2 N–H and O–H groups in total. The molecule has 0 aliphatic rings. The van der Waals surface area contributed by atoms with Crippen LogP contribution in [-0.2, 0) is 0 Å². The van der Waals surface area contributed by atoms with Crippen molar-refractivity contribution < 1.29 is 19.2 Å². The number of carbonyl (C=O) groups is 1. The molecule has 3 aromatic heterocycles. The van der Waals surface area contributed by atoms with Crippen LogP contribution in [0.3, 0.4) is 0 Å². The summed E-state index contributed by atoms with van der Waals surface area (Å²) in [5, 5.41) is 29.8. The lowest BCUT2D eigenvalue weighted by Gasteiger charge is -2.05. The summed E-state index contributed by atoms with van der Waals surface area (Å²) in [6.07, 6.45) is 1.51. The van der Waals surface area contributed by atoms with Gasteiger partial charge in [-0.05, 0) is 30.3 Å². The SMILES string of the molecule is O=C(N=Nc1c(O)[nH]c2ccc([N+](=O)[O-])cc12)c1cc(-c2ccco2)nc2ccccc12. The standard InChI is InChI=1S/C22H13N5O5/c28-21(26-25-20-15-10-12(27(30)31)7-8-17(15)24-22(20)29)14-11-18(19-6-3-9-32-19)23-16-5-2-1-4-13(14)16/h1-11,24,29H. The zero-order chi connectivity index (χ0) is 22.2. The third kappa shape index (κ3) is 3.25. The molecular formula is C22H13N5O5. The van der Waals surface area contributed by atoms with Crippen LogP contribution in [0.1, 0.15) is 10.4 Å². The number of benzene rings is 2. The number of amides is 1. The summed E-state index contributed by atoms with van der Waals surface area (Å²) in [7, 11) is 0. The van der Waals surface area contributed by atoms with Crippen molar-refractivity contribution in [1.29, 1.82) is 0 Å². The summed E-state index contributed by atoms with van der Waals surface area (Å²) < 4.78 is 5.40. The molecule has 10 nitrogen and oxygen atoms in total.